The molecule has 142 valence electrons. The number of nitrogens with one attached hydrogen (secondary N) is 1. The maximum atomic E-state index is 11.9. The molecule has 2 aromatic rings. The lowest BCUT2D eigenvalue weighted by Gasteiger charge is -2.21. The van der Waals surface area contributed by atoms with Crippen LogP contribution in [-0.2, 0) is 9.53 Å². The molecule has 5 N–H and O–H groups in total. The highest BCUT2D eigenvalue weighted by atomic mass is 16.5. The van der Waals surface area contributed by atoms with Gasteiger partial charge in [-0.3, -0.25) is 9.36 Å². The van der Waals surface area contributed by atoms with E-state index < -0.39 is 36.4 Å². The molecule has 0 radical (unpaired) electrons. The second-order valence-electron chi connectivity index (χ2n) is 6.48. The molecule has 1 aliphatic heterocycles. The number of aliphatic hydroxyl groups is 2. The van der Waals surface area contributed by atoms with Crippen molar-refractivity contribution in [2.75, 3.05) is 25.6 Å². The smallest absolute Gasteiger partial charge is 0.237 e. The first-order valence-electron chi connectivity index (χ1n) is 8.20. The Morgan fingerprint density at radius 3 is 2.81 bits per heavy atom. The van der Waals surface area contributed by atoms with E-state index >= 15 is 0 Å². The van der Waals surface area contributed by atoms with Crippen molar-refractivity contribution >= 4 is 22.9 Å². The predicted octanol–water partition coefficient (Wildman–Crippen LogP) is -2.03. The van der Waals surface area contributed by atoms with E-state index in [-0.39, 0.29) is 6.61 Å². The minimum atomic E-state index is -1.12. The molecule has 5 atom stereocenters. The van der Waals surface area contributed by atoms with Crippen LogP contribution in [0.15, 0.2) is 12.7 Å². The Morgan fingerprint density at radius 2 is 2.19 bits per heavy atom. The van der Waals surface area contributed by atoms with Gasteiger partial charge in [0.05, 0.1) is 25.0 Å². The molecule has 11 nitrogen and oxygen atoms in total. The summed E-state index contributed by atoms with van der Waals surface area (Å²) < 4.78 is 7.33. The van der Waals surface area contributed by atoms with Crippen LogP contribution in [0.3, 0.4) is 0 Å². The van der Waals surface area contributed by atoms with Gasteiger partial charge >= 0.3 is 0 Å². The van der Waals surface area contributed by atoms with E-state index in [1.165, 1.54) is 19.6 Å². The van der Waals surface area contributed by atoms with E-state index in [9.17, 15) is 15.0 Å². The normalized spacial score (nSPS) is 26.8. The molecular weight excluding hydrogens is 342 g/mol. The number of aromatic nitrogens is 4. The molecule has 11 heteroatoms. The molecule has 0 aliphatic carbocycles. The minimum absolute atomic E-state index is 0.373. The van der Waals surface area contributed by atoms with Crippen LogP contribution < -0.4 is 16.0 Å². The van der Waals surface area contributed by atoms with Crippen LogP contribution in [0.5, 0.6) is 0 Å². The van der Waals surface area contributed by atoms with E-state index in [0.717, 1.165) is 0 Å². The highest BCUT2D eigenvalue weighted by molar-refractivity contribution is 5.83. The first kappa shape index (κ1) is 18.5. The Kier molecular flexibility index (Phi) is 5.05. The van der Waals surface area contributed by atoms with Gasteiger partial charge in [0.2, 0.25) is 5.91 Å². The Labute approximate surface area is 149 Å². The number of rotatable bonds is 5. The molecule has 0 aromatic carbocycles. The van der Waals surface area contributed by atoms with Crippen LogP contribution in [0.2, 0.25) is 0 Å². The zero-order valence-corrected chi connectivity index (χ0v) is 14.8. The van der Waals surface area contributed by atoms with Crippen molar-refractivity contribution in [1.82, 2.24) is 24.8 Å². The fraction of sp³-hybridized carbons (Fsp3) is 0.600. The third kappa shape index (κ3) is 3.09. The maximum Gasteiger partial charge on any atom is 0.237 e. The van der Waals surface area contributed by atoms with Crippen LogP contribution in [0.1, 0.15) is 13.2 Å². The summed E-state index contributed by atoms with van der Waals surface area (Å²) in [6, 6.07) is -1.55. The topological polar surface area (TPSA) is 152 Å². The summed E-state index contributed by atoms with van der Waals surface area (Å²) in [5.74, 6) is 0.186. The van der Waals surface area contributed by atoms with Gasteiger partial charge < -0.3 is 30.9 Å². The number of aliphatic hydroxyl groups excluding tert-OH is 2. The molecule has 1 aliphatic rings. The first-order chi connectivity index (χ1) is 12.3. The van der Waals surface area contributed by atoms with E-state index in [1.54, 1.807) is 9.47 Å². The quantitative estimate of drug-likeness (QED) is 0.470. The molecule has 0 saturated carbocycles. The van der Waals surface area contributed by atoms with E-state index in [2.05, 4.69) is 20.3 Å². The van der Waals surface area contributed by atoms with Crippen molar-refractivity contribution < 1.29 is 19.7 Å². The maximum absolute atomic E-state index is 11.9. The standard InChI is InChI=1S/C15H23N7O4/c1-7(16)14(25)20-9-8(4-23)26-15(11(9)24)22-6-19-10-12(21(2)3)17-5-18-13(10)22/h5-9,11,15,23-24H,4,16H2,1-3H3,(H,20,25)/t7-,8+,9?,11-,15+/m0/s1. The fourth-order valence-corrected chi connectivity index (χ4v) is 2.96. The number of hydrogen-bond donors (Lipinski definition) is 4. The summed E-state index contributed by atoms with van der Waals surface area (Å²) in [5.41, 5.74) is 6.59. The SMILES string of the molecule is C[C@H](N)C(=O)NC1[C@@H](CO)O[C@@H](n2cnc3c(N(C)C)ncnc32)[C@H]1O. The molecule has 1 unspecified atom stereocenters. The number of amides is 1. The average molecular weight is 365 g/mol. The number of ether oxygens (including phenoxy) is 1. The van der Waals surface area contributed by atoms with Gasteiger partial charge in [0, 0.05) is 14.1 Å². The van der Waals surface area contributed by atoms with Crippen LogP contribution in [0.25, 0.3) is 11.2 Å². The zero-order valence-electron chi connectivity index (χ0n) is 14.8. The monoisotopic (exact) mass is 365 g/mol. The summed E-state index contributed by atoms with van der Waals surface area (Å²) >= 11 is 0. The van der Waals surface area contributed by atoms with Crippen molar-refractivity contribution in [3.63, 3.8) is 0 Å². The fourth-order valence-electron chi connectivity index (χ4n) is 2.96. The molecule has 1 amide bonds. The number of nitrogens with two attached hydrogens (primary N) is 1. The number of carbonyl (C=O) groups excluding carboxylic acids is 1. The summed E-state index contributed by atoms with van der Waals surface area (Å²) in [5, 5.41) is 22.9. The number of carbonyl (C=O) groups is 1. The molecule has 0 spiro atoms. The van der Waals surface area contributed by atoms with Gasteiger partial charge in [0.15, 0.2) is 23.2 Å². The lowest BCUT2D eigenvalue weighted by atomic mass is 10.1. The van der Waals surface area contributed by atoms with Crippen molar-refractivity contribution in [2.45, 2.75) is 37.4 Å². The van der Waals surface area contributed by atoms with Gasteiger partial charge in [0.25, 0.3) is 0 Å². The molecule has 3 rings (SSSR count). The Morgan fingerprint density at radius 1 is 1.46 bits per heavy atom. The third-order valence-corrected chi connectivity index (χ3v) is 4.31. The lowest BCUT2D eigenvalue weighted by molar-refractivity contribution is -0.123. The van der Waals surface area contributed by atoms with Crippen molar-refractivity contribution in [1.29, 1.82) is 0 Å². The number of anilines is 1. The summed E-state index contributed by atoms with van der Waals surface area (Å²) in [6.45, 7) is 1.16. The Hall–Kier alpha value is -2.34. The second-order valence-corrected chi connectivity index (χ2v) is 6.48. The zero-order chi connectivity index (χ0) is 19.0. The van der Waals surface area contributed by atoms with Crippen molar-refractivity contribution in [2.24, 2.45) is 5.73 Å². The highest BCUT2D eigenvalue weighted by Crippen LogP contribution is 2.32. The number of fused-ring (bicyclic) bond motifs is 1. The van der Waals surface area contributed by atoms with Crippen LogP contribution in [-0.4, -0.2) is 80.6 Å². The van der Waals surface area contributed by atoms with Gasteiger partial charge in [0.1, 0.15) is 18.5 Å². The van der Waals surface area contributed by atoms with E-state index in [0.29, 0.717) is 17.0 Å². The van der Waals surface area contributed by atoms with Crippen LogP contribution >= 0.6 is 0 Å². The summed E-state index contributed by atoms with van der Waals surface area (Å²) in [6.07, 6.45) is 0.108. The van der Waals surface area contributed by atoms with Crippen LogP contribution in [0, 0.1) is 0 Å². The van der Waals surface area contributed by atoms with Crippen molar-refractivity contribution in [3.05, 3.63) is 12.7 Å². The average Bonchev–Trinajstić information content (AvgIpc) is 3.16. The first-order valence-corrected chi connectivity index (χ1v) is 8.20. The van der Waals surface area contributed by atoms with Gasteiger partial charge in [-0.2, -0.15) is 0 Å². The molecule has 0 bridgehead atoms. The van der Waals surface area contributed by atoms with Gasteiger partial charge in [-0.25, -0.2) is 15.0 Å². The summed E-state index contributed by atoms with van der Waals surface area (Å²) in [4.78, 5) is 26.4. The lowest BCUT2D eigenvalue weighted by Crippen LogP contribution is -2.52. The molecule has 26 heavy (non-hydrogen) atoms. The number of nitrogens with zero attached hydrogens (tertiary/aromatic N) is 5. The molecular formula is C15H23N7O4. The van der Waals surface area contributed by atoms with Crippen molar-refractivity contribution in [3.8, 4) is 0 Å². The summed E-state index contributed by atoms with van der Waals surface area (Å²) in [7, 11) is 3.67. The Balaban J connectivity index is 1.94. The molecule has 3 heterocycles. The molecule has 2 aromatic heterocycles. The Bertz CT molecular complexity index is 793. The minimum Gasteiger partial charge on any atom is -0.394 e. The number of imidazole rings is 1. The van der Waals surface area contributed by atoms with Gasteiger partial charge in [-0.15, -0.1) is 0 Å². The second kappa shape index (κ2) is 7.11. The third-order valence-electron chi connectivity index (χ3n) is 4.31. The van der Waals surface area contributed by atoms with E-state index in [4.69, 9.17) is 10.5 Å². The van der Waals surface area contributed by atoms with Crippen LogP contribution in [0.4, 0.5) is 5.82 Å². The number of hydrogen-bond acceptors (Lipinski definition) is 9. The largest absolute Gasteiger partial charge is 0.394 e. The van der Waals surface area contributed by atoms with E-state index in [1.807, 2.05) is 14.1 Å². The predicted molar refractivity (Wildman–Crippen MR) is 92.2 cm³/mol. The van der Waals surface area contributed by atoms with Gasteiger partial charge in [-0.05, 0) is 6.92 Å². The van der Waals surface area contributed by atoms with Gasteiger partial charge in [-0.1, -0.05) is 0 Å². The highest BCUT2D eigenvalue weighted by Gasteiger charge is 2.46. The molecule has 1 fully saturated rings. The molecule has 1 saturated heterocycles.